The Morgan fingerprint density at radius 3 is 2.82 bits per heavy atom. The Labute approximate surface area is 129 Å². The van der Waals surface area contributed by atoms with Crippen LogP contribution in [0.4, 0.5) is 14.9 Å². The van der Waals surface area contributed by atoms with Crippen LogP contribution in [0.1, 0.15) is 31.4 Å². The highest BCUT2D eigenvalue weighted by atomic mass is 19.1. The molecule has 1 N–H and O–H groups in total. The van der Waals surface area contributed by atoms with Crippen LogP contribution in [0.5, 0.6) is 0 Å². The second-order valence-corrected chi connectivity index (χ2v) is 5.54. The predicted octanol–water partition coefficient (Wildman–Crippen LogP) is 3.98. The molecule has 0 saturated heterocycles. The molecule has 22 heavy (non-hydrogen) atoms. The summed E-state index contributed by atoms with van der Waals surface area (Å²) in [7, 11) is 0. The van der Waals surface area contributed by atoms with Crippen LogP contribution in [0.25, 0.3) is 0 Å². The third-order valence-electron chi connectivity index (χ3n) is 3.83. The molecule has 2 aromatic rings. The number of carbonyl (C=O) groups is 1. The molecule has 0 bridgehead atoms. The van der Waals surface area contributed by atoms with Crippen LogP contribution in [0.3, 0.4) is 0 Å². The van der Waals surface area contributed by atoms with E-state index in [0.29, 0.717) is 5.69 Å². The minimum absolute atomic E-state index is 0.0743. The lowest BCUT2D eigenvalue weighted by molar-refractivity contribution is 0.189. The van der Waals surface area contributed by atoms with Crippen LogP contribution in [0.2, 0.25) is 0 Å². The highest BCUT2D eigenvalue weighted by molar-refractivity contribution is 5.90. The molecule has 2 amide bonds. The van der Waals surface area contributed by atoms with Gasteiger partial charge in [0, 0.05) is 24.1 Å². The maximum atomic E-state index is 13.2. The van der Waals surface area contributed by atoms with Crippen molar-refractivity contribution in [1.29, 1.82) is 0 Å². The van der Waals surface area contributed by atoms with Crippen LogP contribution in [-0.4, -0.2) is 22.0 Å². The quantitative estimate of drug-likeness (QED) is 0.928. The van der Waals surface area contributed by atoms with E-state index in [2.05, 4.69) is 10.3 Å². The topological polar surface area (TPSA) is 45.2 Å². The summed E-state index contributed by atoms with van der Waals surface area (Å²) in [5.74, 6) is -0.365. The maximum absolute atomic E-state index is 13.2. The molecule has 1 aliphatic carbocycles. The first-order chi connectivity index (χ1) is 10.6. The molecular weight excluding hydrogens is 281 g/mol. The lowest BCUT2D eigenvalue weighted by Gasteiger charge is -2.29. The number of halogens is 1. The Bertz CT molecular complexity index is 658. The molecule has 1 aliphatic rings. The smallest absolute Gasteiger partial charge is 0.315 e. The van der Waals surface area contributed by atoms with Crippen molar-refractivity contribution in [3.05, 3.63) is 60.2 Å². The van der Waals surface area contributed by atoms with Crippen LogP contribution >= 0.6 is 0 Å². The van der Waals surface area contributed by atoms with Gasteiger partial charge in [-0.05, 0) is 49.6 Å². The molecule has 0 radical (unpaired) electrons. The van der Waals surface area contributed by atoms with Gasteiger partial charge in [-0.2, -0.15) is 0 Å². The first kappa shape index (κ1) is 14.5. The van der Waals surface area contributed by atoms with Crippen molar-refractivity contribution in [2.24, 2.45) is 0 Å². The number of nitrogens with zero attached hydrogens (tertiary/aromatic N) is 2. The van der Waals surface area contributed by atoms with Crippen molar-refractivity contribution >= 4 is 11.7 Å². The first-order valence-electron chi connectivity index (χ1n) is 7.40. The van der Waals surface area contributed by atoms with E-state index < -0.39 is 0 Å². The zero-order valence-corrected chi connectivity index (χ0v) is 12.4. The number of rotatable bonds is 4. The zero-order valence-electron chi connectivity index (χ0n) is 12.4. The van der Waals surface area contributed by atoms with E-state index in [1.165, 1.54) is 12.1 Å². The normalized spacial score (nSPS) is 15.2. The number of urea groups is 1. The standard InChI is InChI=1S/C17H18FN3O/c1-12(13-4-3-9-19-11-13)21(16-7-8-16)17(22)20-15-6-2-5-14(18)10-15/h2-6,9-12,16H,7-8H2,1H3,(H,20,22)/t12-/m1/s1. The number of nitrogens with one attached hydrogen (secondary N) is 1. The molecule has 114 valence electrons. The number of anilines is 1. The van der Waals surface area contributed by atoms with Crippen LogP contribution in [-0.2, 0) is 0 Å². The Morgan fingerprint density at radius 1 is 1.36 bits per heavy atom. The van der Waals surface area contributed by atoms with E-state index in [-0.39, 0.29) is 23.9 Å². The second kappa shape index (κ2) is 6.13. The fourth-order valence-electron chi connectivity index (χ4n) is 2.55. The van der Waals surface area contributed by atoms with Gasteiger partial charge in [0.2, 0.25) is 0 Å². The molecule has 0 spiro atoms. The molecule has 1 aromatic carbocycles. The SMILES string of the molecule is C[C@H](c1cccnc1)N(C(=O)Nc1cccc(F)c1)C1CC1. The minimum Gasteiger partial charge on any atom is -0.315 e. The summed E-state index contributed by atoms with van der Waals surface area (Å²) in [6.07, 6.45) is 5.49. The molecule has 5 heteroatoms. The third-order valence-corrected chi connectivity index (χ3v) is 3.83. The van der Waals surface area contributed by atoms with E-state index in [0.717, 1.165) is 18.4 Å². The summed E-state index contributed by atoms with van der Waals surface area (Å²) in [5.41, 5.74) is 1.46. The number of pyridine rings is 1. The van der Waals surface area contributed by atoms with Gasteiger partial charge in [-0.3, -0.25) is 4.98 Å². The molecule has 1 atom stereocenters. The maximum Gasteiger partial charge on any atom is 0.322 e. The highest BCUT2D eigenvalue weighted by Crippen LogP contribution is 2.34. The van der Waals surface area contributed by atoms with Crippen molar-refractivity contribution in [3.63, 3.8) is 0 Å². The number of carbonyl (C=O) groups excluding carboxylic acids is 1. The zero-order chi connectivity index (χ0) is 15.5. The van der Waals surface area contributed by atoms with E-state index in [1.54, 1.807) is 24.5 Å². The molecule has 1 aromatic heterocycles. The van der Waals surface area contributed by atoms with Crippen molar-refractivity contribution in [2.45, 2.75) is 31.8 Å². The van der Waals surface area contributed by atoms with Gasteiger partial charge < -0.3 is 10.2 Å². The first-order valence-corrected chi connectivity index (χ1v) is 7.40. The van der Waals surface area contributed by atoms with Gasteiger partial charge in [-0.15, -0.1) is 0 Å². The number of benzene rings is 1. The number of aromatic nitrogens is 1. The van der Waals surface area contributed by atoms with Gasteiger partial charge in [-0.1, -0.05) is 12.1 Å². The lowest BCUT2D eigenvalue weighted by atomic mass is 10.1. The number of hydrogen-bond donors (Lipinski definition) is 1. The Morgan fingerprint density at radius 2 is 2.18 bits per heavy atom. The van der Waals surface area contributed by atoms with Crippen molar-refractivity contribution in [1.82, 2.24) is 9.88 Å². The average Bonchev–Trinajstić information content (AvgIpc) is 3.33. The number of amides is 2. The summed E-state index contributed by atoms with van der Waals surface area (Å²) in [5, 5.41) is 2.78. The van der Waals surface area contributed by atoms with E-state index >= 15 is 0 Å². The molecule has 3 rings (SSSR count). The predicted molar refractivity (Wildman–Crippen MR) is 82.9 cm³/mol. The Balaban J connectivity index is 1.77. The second-order valence-electron chi connectivity index (χ2n) is 5.54. The largest absolute Gasteiger partial charge is 0.322 e. The molecule has 0 aliphatic heterocycles. The fourth-order valence-corrected chi connectivity index (χ4v) is 2.55. The highest BCUT2D eigenvalue weighted by Gasteiger charge is 2.36. The Kier molecular flexibility index (Phi) is 4.04. The van der Waals surface area contributed by atoms with Gasteiger partial charge in [-0.25, -0.2) is 9.18 Å². The summed E-state index contributed by atoms with van der Waals surface area (Å²) in [4.78, 5) is 18.5. The molecule has 1 saturated carbocycles. The van der Waals surface area contributed by atoms with Gasteiger partial charge >= 0.3 is 6.03 Å². The Hall–Kier alpha value is -2.43. The van der Waals surface area contributed by atoms with E-state index in [4.69, 9.17) is 0 Å². The van der Waals surface area contributed by atoms with Gasteiger partial charge in [0.15, 0.2) is 0 Å². The summed E-state index contributed by atoms with van der Waals surface area (Å²) < 4.78 is 13.2. The summed E-state index contributed by atoms with van der Waals surface area (Å²) in [6, 6.07) is 9.72. The molecule has 1 heterocycles. The molecule has 1 fully saturated rings. The summed E-state index contributed by atoms with van der Waals surface area (Å²) >= 11 is 0. The van der Waals surface area contributed by atoms with E-state index in [9.17, 15) is 9.18 Å². The molecular formula is C17H18FN3O. The van der Waals surface area contributed by atoms with Gasteiger partial charge in [0.1, 0.15) is 5.82 Å². The third kappa shape index (κ3) is 3.24. The van der Waals surface area contributed by atoms with Gasteiger partial charge in [0.25, 0.3) is 0 Å². The van der Waals surface area contributed by atoms with Crippen molar-refractivity contribution < 1.29 is 9.18 Å². The average molecular weight is 299 g/mol. The van der Waals surface area contributed by atoms with Crippen molar-refractivity contribution in [2.75, 3.05) is 5.32 Å². The molecule has 4 nitrogen and oxygen atoms in total. The monoisotopic (exact) mass is 299 g/mol. The summed E-state index contributed by atoms with van der Waals surface area (Å²) in [6.45, 7) is 1.99. The lowest BCUT2D eigenvalue weighted by Crippen LogP contribution is -2.38. The fraction of sp³-hybridized carbons (Fsp3) is 0.294. The van der Waals surface area contributed by atoms with Crippen LogP contribution < -0.4 is 5.32 Å². The minimum atomic E-state index is -0.365. The molecule has 0 unspecified atom stereocenters. The van der Waals surface area contributed by atoms with Gasteiger partial charge in [0.05, 0.1) is 6.04 Å². The van der Waals surface area contributed by atoms with Crippen molar-refractivity contribution in [3.8, 4) is 0 Å². The van der Waals surface area contributed by atoms with Crippen LogP contribution in [0.15, 0.2) is 48.8 Å². The number of hydrogen-bond acceptors (Lipinski definition) is 2. The van der Waals surface area contributed by atoms with E-state index in [1.807, 2.05) is 24.0 Å². The van der Waals surface area contributed by atoms with Crippen LogP contribution in [0, 0.1) is 5.82 Å².